The molecule has 0 spiro atoms. The van der Waals surface area contributed by atoms with Crippen LogP contribution in [0.3, 0.4) is 0 Å². The van der Waals surface area contributed by atoms with Gasteiger partial charge in [0, 0.05) is 0 Å². The number of hydrogen-bond donors (Lipinski definition) is 0. The third-order valence-electron chi connectivity index (χ3n) is 2.07. The molecular formula is C10F14O. The van der Waals surface area contributed by atoms with Crippen LogP contribution in [0.5, 0.6) is 0 Å². The van der Waals surface area contributed by atoms with Crippen LogP contribution in [-0.4, -0.2) is 11.7 Å². The van der Waals surface area contributed by atoms with Crippen LogP contribution in [0.15, 0.2) is 47.6 Å². The first-order chi connectivity index (χ1) is 11.1. The SMILES string of the molecule is FC(F)=C(F)C(F)(OC(F)(C(F)=C(F)F)C(F)=C(F)F)C(F)=C(F)F. The predicted octanol–water partition coefficient (Wildman–Crippen LogP) is 6.65. The smallest absolute Gasteiger partial charge is 0.285 e. The molecule has 0 aromatic heterocycles. The van der Waals surface area contributed by atoms with Gasteiger partial charge in [-0.25, -0.2) is 0 Å². The maximum atomic E-state index is 13.7. The second kappa shape index (κ2) is 7.88. The van der Waals surface area contributed by atoms with Crippen molar-refractivity contribution in [2.75, 3.05) is 0 Å². The molecule has 0 fully saturated rings. The number of halogens is 14. The standard InChI is InChI=1S/C10F14O/c11-1(5(15)16)9(23,2(12)6(17)18)25-10(24,3(13)7(19)20)4(14)8(21)22. The van der Waals surface area contributed by atoms with Crippen LogP contribution in [0.2, 0.25) is 0 Å². The first-order valence-electron chi connectivity index (χ1n) is 5.05. The fourth-order valence-corrected chi connectivity index (χ4v) is 1.05. The van der Waals surface area contributed by atoms with Gasteiger partial charge in [-0.3, -0.25) is 4.74 Å². The van der Waals surface area contributed by atoms with E-state index in [-0.39, 0.29) is 0 Å². The molecule has 0 aliphatic carbocycles. The van der Waals surface area contributed by atoms with Gasteiger partial charge in [0.15, 0.2) is 0 Å². The summed E-state index contributed by atoms with van der Waals surface area (Å²) in [6, 6.07) is 0. The van der Waals surface area contributed by atoms with E-state index in [0.717, 1.165) is 0 Å². The molecule has 0 saturated carbocycles. The van der Waals surface area contributed by atoms with Crippen LogP contribution in [0.4, 0.5) is 61.5 Å². The molecular weight excluding hydrogens is 402 g/mol. The molecule has 0 aliphatic heterocycles. The first kappa shape index (κ1) is 22.9. The van der Waals surface area contributed by atoms with Crippen molar-refractivity contribution < 1.29 is 66.2 Å². The highest BCUT2D eigenvalue weighted by molar-refractivity contribution is 5.27. The van der Waals surface area contributed by atoms with Crippen LogP contribution in [0.1, 0.15) is 0 Å². The van der Waals surface area contributed by atoms with Gasteiger partial charge in [0.25, 0.3) is 0 Å². The zero-order chi connectivity index (χ0) is 20.3. The van der Waals surface area contributed by atoms with E-state index in [0.29, 0.717) is 0 Å². The third kappa shape index (κ3) is 4.52. The molecule has 0 aromatic rings. The minimum atomic E-state index is -6.29. The quantitative estimate of drug-likeness (QED) is 0.453. The molecule has 0 heterocycles. The lowest BCUT2D eigenvalue weighted by Gasteiger charge is -2.29. The normalized spacial score (nSPS) is 11.8. The van der Waals surface area contributed by atoms with Gasteiger partial charge >= 0.3 is 36.0 Å². The van der Waals surface area contributed by atoms with E-state index in [1.54, 1.807) is 0 Å². The molecule has 144 valence electrons. The van der Waals surface area contributed by atoms with Crippen molar-refractivity contribution in [1.29, 1.82) is 0 Å². The lowest BCUT2D eigenvalue weighted by molar-refractivity contribution is -0.238. The van der Waals surface area contributed by atoms with Crippen molar-refractivity contribution in [1.82, 2.24) is 0 Å². The Morgan fingerprint density at radius 2 is 0.560 bits per heavy atom. The molecule has 0 aliphatic rings. The highest BCUT2D eigenvalue weighted by atomic mass is 19.3. The molecule has 0 radical (unpaired) electrons. The van der Waals surface area contributed by atoms with E-state index in [1.807, 2.05) is 0 Å². The van der Waals surface area contributed by atoms with Gasteiger partial charge in [-0.05, 0) is 0 Å². The van der Waals surface area contributed by atoms with Gasteiger partial charge in [-0.15, -0.1) is 0 Å². The van der Waals surface area contributed by atoms with E-state index in [4.69, 9.17) is 0 Å². The summed E-state index contributed by atoms with van der Waals surface area (Å²) in [6.45, 7) is 0. The molecule has 0 bridgehead atoms. The lowest BCUT2D eigenvalue weighted by atomic mass is 10.2. The Labute approximate surface area is 127 Å². The summed E-state index contributed by atoms with van der Waals surface area (Å²) in [6.07, 6.45) is -16.3. The molecule has 0 aromatic carbocycles. The molecule has 15 heteroatoms. The maximum absolute atomic E-state index is 13.7. The summed E-state index contributed by atoms with van der Waals surface area (Å²) in [7, 11) is 0. The average molecular weight is 402 g/mol. The van der Waals surface area contributed by atoms with Crippen LogP contribution in [0, 0.1) is 0 Å². The molecule has 0 saturated heterocycles. The van der Waals surface area contributed by atoms with Crippen molar-refractivity contribution in [2.45, 2.75) is 11.7 Å². The molecule has 0 amide bonds. The summed E-state index contributed by atoms with van der Waals surface area (Å²) in [5.41, 5.74) is 0. The van der Waals surface area contributed by atoms with Crippen molar-refractivity contribution in [3.8, 4) is 0 Å². The Kier molecular flexibility index (Phi) is 7.23. The number of ether oxygens (including phenoxy) is 1. The Balaban J connectivity index is 6.82. The summed E-state index contributed by atoms with van der Waals surface area (Å²) < 4.78 is 177. The zero-order valence-corrected chi connectivity index (χ0v) is 10.7. The van der Waals surface area contributed by atoms with Gasteiger partial charge in [0.05, 0.1) is 0 Å². The minimum Gasteiger partial charge on any atom is -0.285 e. The fraction of sp³-hybridized carbons (Fsp3) is 0.200. The monoisotopic (exact) mass is 402 g/mol. The summed E-state index contributed by atoms with van der Waals surface area (Å²) in [4.78, 5) is 0. The summed E-state index contributed by atoms with van der Waals surface area (Å²) >= 11 is 0. The van der Waals surface area contributed by atoms with Crippen LogP contribution in [-0.2, 0) is 4.74 Å². The van der Waals surface area contributed by atoms with Crippen LogP contribution >= 0.6 is 0 Å². The van der Waals surface area contributed by atoms with Crippen LogP contribution in [0.25, 0.3) is 0 Å². The largest absolute Gasteiger partial charge is 0.328 e. The average Bonchev–Trinajstić information content (AvgIpc) is 2.50. The summed E-state index contributed by atoms with van der Waals surface area (Å²) in [5.74, 6) is -29.1. The second-order valence-corrected chi connectivity index (χ2v) is 3.59. The van der Waals surface area contributed by atoms with Crippen molar-refractivity contribution >= 4 is 0 Å². The summed E-state index contributed by atoms with van der Waals surface area (Å²) in [5, 5.41) is 0. The van der Waals surface area contributed by atoms with Gasteiger partial charge in [-0.2, -0.15) is 61.5 Å². The topological polar surface area (TPSA) is 9.23 Å². The maximum Gasteiger partial charge on any atom is 0.328 e. The Bertz CT molecular complexity index is 539. The van der Waals surface area contributed by atoms with Gasteiger partial charge in [0.2, 0.25) is 23.3 Å². The Morgan fingerprint density at radius 1 is 0.400 bits per heavy atom. The highest BCUT2D eigenvalue weighted by Gasteiger charge is 2.60. The minimum absolute atomic E-state index is 2.33. The highest BCUT2D eigenvalue weighted by Crippen LogP contribution is 2.48. The zero-order valence-electron chi connectivity index (χ0n) is 10.7. The van der Waals surface area contributed by atoms with E-state index in [9.17, 15) is 61.5 Å². The second-order valence-electron chi connectivity index (χ2n) is 3.59. The third-order valence-corrected chi connectivity index (χ3v) is 2.07. The lowest BCUT2D eigenvalue weighted by Crippen LogP contribution is -2.42. The Hall–Kier alpha value is -2.06. The molecule has 25 heavy (non-hydrogen) atoms. The Morgan fingerprint density at radius 3 is 0.680 bits per heavy atom. The molecule has 0 rings (SSSR count). The molecule has 0 N–H and O–H groups in total. The molecule has 0 unspecified atom stereocenters. The molecule has 0 atom stereocenters. The number of hydrogen-bond acceptors (Lipinski definition) is 1. The van der Waals surface area contributed by atoms with Crippen molar-refractivity contribution in [3.05, 3.63) is 47.6 Å². The van der Waals surface area contributed by atoms with Crippen LogP contribution < -0.4 is 0 Å². The van der Waals surface area contributed by atoms with Gasteiger partial charge < -0.3 is 0 Å². The van der Waals surface area contributed by atoms with E-state index < -0.39 is 59.3 Å². The molecule has 1 nitrogen and oxygen atoms in total. The predicted molar refractivity (Wildman–Crippen MR) is 50.2 cm³/mol. The van der Waals surface area contributed by atoms with Gasteiger partial charge in [0.1, 0.15) is 0 Å². The van der Waals surface area contributed by atoms with E-state index >= 15 is 0 Å². The first-order valence-corrected chi connectivity index (χ1v) is 5.05. The number of rotatable bonds is 6. The van der Waals surface area contributed by atoms with Crippen molar-refractivity contribution in [3.63, 3.8) is 0 Å². The van der Waals surface area contributed by atoms with Crippen molar-refractivity contribution in [2.24, 2.45) is 0 Å². The van der Waals surface area contributed by atoms with E-state index in [1.165, 1.54) is 0 Å². The number of alkyl halides is 2. The fourth-order valence-electron chi connectivity index (χ4n) is 1.05. The van der Waals surface area contributed by atoms with E-state index in [2.05, 4.69) is 4.74 Å². The van der Waals surface area contributed by atoms with Gasteiger partial charge in [-0.1, -0.05) is 0 Å².